The average Bonchev–Trinajstić information content (AvgIpc) is 3.44. The monoisotopic (exact) mass is 405 g/mol. The minimum absolute atomic E-state index is 0.276. The SMILES string of the molecule is CCCN(CC1CC1)C(=O)Oc1c2cccc(-c3c(C)cc(C)cc3C)c2nn1C. The standard InChI is InChI=1S/C25H31N3O2/c1-6-12-28(15-19-10-11-19)25(29)30-24-21-9-7-8-20(23(21)26-27(24)5)22-17(3)13-16(2)14-18(22)4/h7-9,13-14,19H,6,10-12,15H2,1-5H3. The molecular formula is C25H31N3O2. The summed E-state index contributed by atoms with van der Waals surface area (Å²) in [6.07, 6.45) is 3.06. The van der Waals surface area contributed by atoms with Crippen LogP contribution in [-0.4, -0.2) is 33.9 Å². The van der Waals surface area contributed by atoms with E-state index in [0.29, 0.717) is 11.8 Å². The van der Waals surface area contributed by atoms with Crippen LogP contribution in [0.3, 0.4) is 0 Å². The lowest BCUT2D eigenvalue weighted by atomic mass is 9.93. The normalized spacial score (nSPS) is 13.6. The van der Waals surface area contributed by atoms with Crippen molar-refractivity contribution in [2.24, 2.45) is 13.0 Å². The van der Waals surface area contributed by atoms with Crippen LogP contribution < -0.4 is 4.74 Å². The summed E-state index contributed by atoms with van der Waals surface area (Å²) >= 11 is 0. The second-order valence-electron chi connectivity index (χ2n) is 8.66. The van der Waals surface area contributed by atoms with E-state index >= 15 is 0 Å². The number of carbonyl (C=O) groups is 1. The first kappa shape index (κ1) is 20.5. The molecule has 0 atom stereocenters. The second kappa shape index (κ2) is 8.13. The molecule has 5 nitrogen and oxygen atoms in total. The molecule has 158 valence electrons. The van der Waals surface area contributed by atoms with Crippen LogP contribution in [0.5, 0.6) is 5.88 Å². The fourth-order valence-corrected chi connectivity index (χ4v) is 4.41. The van der Waals surface area contributed by atoms with Gasteiger partial charge in [-0.1, -0.05) is 36.8 Å². The van der Waals surface area contributed by atoms with E-state index in [-0.39, 0.29) is 6.09 Å². The lowest BCUT2D eigenvalue weighted by molar-refractivity contribution is 0.147. The van der Waals surface area contributed by atoms with Crippen LogP contribution in [0.4, 0.5) is 4.79 Å². The molecule has 1 saturated carbocycles. The van der Waals surface area contributed by atoms with E-state index in [0.717, 1.165) is 36.0 Å². The number of aromatic nitrogens is 2. The van der Waals surface area contributed by atoms with Crippen LogP contribution >= 0.6 is 0 Å². The van der Waals surface area contributed by atoms with Gasteiger partial charge < -0.3 is 9.64 Å². The second-order valence-corrected chi connectivity index (χ2v) is 8.66. The van der Waals surface area contributed by atoms with Crippen LogP contribution in [0.25, 0.3) is 22.0 Å². The van der Waals surface area contributed by atoms with E-state index < -0.39 is 0 Å². The first-order valence-electron chi connectivity index (χ1n) is 10.9. The van der Waals surface area contributed by atoms with Gasteiger partial charge in [0, 0.05) is 25.7 Å². The van der Waals surface area contributed by atoms with E-state index in [2.05, 4.69) is 45.9 Å². The summed E-state index contributed by atoms with van der Waals surface area (Å²) in [5.74, 6) is 1.14. The molecule has 5 heteroatoms. The Morgan fingerprint density at radius 1 is 1.20 bits per heavy atom. The molecule has 3 aromatic rings. The molecule has 0 saturated heterocycles. The van der Waals surface area contributed by atoms with Gasteiger partial charge in [0.05, 0.1) is 5.39 Å². The quantitative estimate of drug-likeness (QED) is 0.522. The smallest absolute Gasteiger partial charge is 0.391 e. The Morgan fingerprint density at radius 2 is 1.90 bits per heavy atom. The van der Waals surface area contributed by atoms with Crippen molar-refractivity contribution in [3.63, 3.8) is 0 Å². The molecule has 0 aliphatic heterocycles. The maximum Gasteiger partial charge on any atom is 0.416 e. The van der Waals surface area contributed by atoms with Crippen LogP contribution in [0.2, 0.25) is 0 Å². The van der Waals surface area contributed by atoms with Crippen molar-refractivity contribution >= 4 is 17.0 Å². The summed E-state index contributed by atoms with van der Waals surface area (Å²) in [6, 6.07) is 10.5. The number of fused-ring (bicyclic) bond motifs is 1. The number of hydrogen-bond acceptors (Lipinski definition) is 3. The zero-order valence-electron chi connectivity index (χ0n) is 18.7. The highest BCUT2D eigenvalue weighted by atomic mass is 16.6. The summed E-state index contributed by atoms with van der Waals surface area (Å²) < 4.78 is 7.59. The van der Waals surface area contributed by atoms with Gasteiger partial charge in [-0.25, -0.2) is 9.48 Å². The van der Waals surface area contributed by atoms with Crippen LogP contribution in [0.1, 0.15) is 42.9 Å². The molecule has 4 rings (SSSR count). The van der Waals surface area contributed by atoms with Crippen LogP contribution in [0, 0.1) is 26.7 Å². The molecule has 0 spiro atoms. The molecule has 0 N–H and O–H groups in total. The Kier molecular flexibility index (Phi) is 5.54. The molecule has 1 amide bonds. The van der Waals surface area contributed by atoms with Crippen molar-refractivity contribution in [1.29, 1.82) is 0 Å². The topological polar surface area (TPSA) is 47.4 Å². The number of rotatable bonds is 6. The third kappa shape index (κ3) is 3.93. The fraction of sp³-hybridized carbons (Fsp3) is 0.440. The summed E-state index contributed by atoms with van der Waals surface area (Å²) in [7, 11) is 1.84. The van der Waals surface area contributed by atoms with Crippen molar-refractivity contribution < 1.29 is 9.53 Å². The van der Waals surface area contributed by atoms with Gasteiger partial charge in [0.25, 0.3) is 0 Å². The van der Waals surface area contributed by atoms with E-state index in [4.69, 9.17) is 9.84 Å². The zero-order valence-corrected chi connectivity index (χ0v) is 18.7. The molecule has 30 heavy (non-hydrogen) atoms. The first-order valence-corrected chi connectivity index (χ1v) is 10.9. The number of nitrogens with zero attached hydrogens (tertiary/aromatic N) is 3. The maximum atomic E-state index is 12.9. The number of ether oxygens (including phenoxy) is 1. The number of benzene rings is 2. The fourth-order valence-electron chi connectivity index (χ4n) is 4.41. The first-order chi connectivity index (χ1) is 14.4. The van der Waals surface area contributed by atoms with Gasteiger partial charge in [-0.15, -0.1) is 0 Å². The average molecular weight is 406 g/mol. The highest BCUT2D eigenvalue weighted by Crippen LogP contribution is 2.37. The molecule has 1 aliphatic rings. The van der Waals surface area contributed by atoms with Gasteiger partial charge in [0.1, 0.15) is 5.52 Å². The predicted octanol–water partition coefficient (Wildman–Crippen LogP) is 5.79. The van der Waals surface area contributed by atoms with E-state index in [9.17, 15) is 4.79 Å². The molecule has 2 aromatic carbocycles. The van der Waals surface area contributed by atoms with Gasteiger partial charge in [0.15, 0.2) is 0 Å². The third-order valence-electron chi connectivity index (χ3n) is 5.87. The Balaban J connectivity index is 1.72. The largest absolute Gasteiger partial charge is 0.416 e. The highest BCUT2D eigenvalue weighted by Gasteiger charge is 2.28. The minimum Gasteiger partial charge on any atom is -0.391 e. The van der Waals surface area contributed by atoms with Crippen molar-refractivity contribution in [2.75, 3.05) is 13.1 Å². The van der Waals surface area contributed by atoms with Crippen LogP contribution in [0.15, 0.2) is 30.3 Å². The molecule has 0 unspecified atom stereocenters. The van der Waals surface area contributed by atoms with Crippen molar-refractivity contribution in [3.05, 3.63) is 47.0 Å². The van der Waals surface area contributed by atoms with Crippen LogP contribution in [-0.2, 0) is 7.05 Å². The van der Waals surface area contributed by atoms with Crippen molar-refractivity contribution in [2.45, 2.75) is 47.0 Å². The zero-order chi connectivity index (χ0) is 21.4. The number of carbonyl (C=O) groups excluding carboxylic acids is 1. The number of aryl methyl sites for hydroxylation is 4. The Hall–Kier alpha value is -2.82. The highest BCUT2D eigenvalue weighted by molar-refractivity contribution is 5.98. The molecule has 1 heterocycles. The minimum atomic E-state index is -0.276. The number of hydrogen-bond donors (Lipinski definition) is 0. The van der Waals surface area contributed by atoms with Gasteiger partial charge in [-0.05, 0) is 68.7 Å². The Labute approximate surface area is 178 Å². The molecule has 1 aromatic heterocycles. The third-order valence-corrected chi connectivity index (χ3v) is 5.87. The van der Waals surface area contributed by atoms with Gasteiger partial charge >= 0.3 is 6.09 Å². The molecule has 1 aliphatic carbocycles. The van der Waals surface area contributed by atoms with Gasteiger partial charge in [-0.3, -0.25) is 0 Å². The Bertz CT molecular complexity index is 1070. The summed E-state index contributed by atoms with van der Waals surface area (Å²) in [5.41, 5.74) is 6.84. The van der Waals surface area contributed by atoms with Crippen molar-refractivity contribution in [3.8, 4) is 17.0 Å². The predicted molar refractivity (Wildman–Crippen MR) is 121 cm³/mol. The van der Waals surface area contributed by atoms with E-state index in [1.807, 2.05) is 24.1 Å². The lowest BCUT2D eigenvalue weighted by Gasteiger charge is -2.21. The summed E-state index contributed by atoms with van der Waals surface area (Å²) in [5, 5.41) is 5.61. The summed E-state index contributed by atoms with van der Waals surface area (Å²) in [6.45, 7) is 9.99. The van der Waals surface area contributed by atoms with E-state index in [1.165, 1.54) is 35.1 Å². The van der Waals surface area contributed by atoms with Crippen molar-refractivity contribution in [1.82, 2.24) is 14.7 Å². The lowest BCUT2D eigenvalue weighted by Crippen LogP contribution is -2.36. The molecular weight excluding hydrogens is 374 g/mol. The summed E-state index contributed by atoms with van der Waals surface area (Å²) in [4.78, 5) is 14.8. The Morgan fingerprint density at radius 3 is 2.53 bits per heavy atom. The maximum absolute atomic E-state index is 12.9. The molecule has 0 bridgehead atoms. The molecule has 1 fully saturated rings. The van der Waals surface area contributed by atoms with Gasteiger partial charge in [0.2, 0.25) is 5.88 Å². The van der Waals surface area contributed by atoms with Gasteiger partial charge in [-0.2, -0.15) is 5.10 Å². The number of amides is 1. The van der Waals surface area contributed by atoms with E-state index in [1.54, 1.807) is 4.68 Å². The molecule has 0 radical (unpaired) electrons.